The highest BCUT2D eigenvalue weighted by Gasteiger charge is 1.98. The van der Waals surface area contributed by atoms with Crippen molar-refractivity contribution in [2.45, 2.75) is 20.3 Å². The molecule has 74 valence electrons. The van der Waals surface area contributed by atoms with Crippen molar-refractivity contribution in [3.63, 3.8) is 0 Å². The second-order valence-electron chi connectivity index (χ2n) is 3.21. The van der Waals surface area contributed by atoms with Crippen molar-refractivity contribution in [2.75, 3.05) is 25.7 Å². The third kappa shape index (κ3) is 2.77. The van der Waals surface area contributed by atoms with Crippen LogP contribution in [0.2, 0.25) is 0 Å². The van der Waals surface area contributed by atoms with Gasteiger partial charge in [0.1, 0.15) is 0 Å². The normalized spacial score (nSPS) is 10.4. The Hall–Kier alpha value is -0.960. The summed E-state index contributed by atoms with van der Waals surface area (Å²) in [5.74, 6) is 0. The van der Waals surface area contributed by atoms with E-state index >= 15 is 0 Å². The summed E-state index contributed by atoms with van der Waals surface area (Å²) < 4.78 is 7.08. The number of ether oxygens (including phenoxy) is 1. The van der Waals surface area contributed by atoms with Gasteiger partial charge in [0.15, 0.2) is 0 Å². The zero-order chi connectivity index (χ0) is 9.68. The van der Waals surface area contributed by atoms with Gasteiger partial charge in [-0.2, -0.15) is 0 Å². The van der Waals surface area contributed by atoms with Crippen molar-refractivity contribution in [1.82, 2.24) is 4.68 Å². The quantitative estimate of drug-likeness (QED) is 0.701. The summed E-state index contributed by atoms with van der Waals surface area (Å²) in [6.07, 6.45) is 1.04. The van der Waals surface area contributed by atoms with Gasteiger partial charge >= 0.3 is 0 Å². The fraction of sp³-hybridized carbons (Fsp3) is 0.600. The van der Waals surface area contributed by atoms with Crippen LogP contribution in [-0.4, -0.2) is 24.9 Å². The predicted octanol–water partition coefficient (Wildman–Crippen LogP) is 1.68. The van der Waals surface area contributed by atoms with Gasteiger partial charge in [-0.3, -0.25) is 4.68 Å². The maximum Gasteiger partial charge on any atom is 0.0479 e. The van der Waals surface area contributed by atoms with E-state index in [-0.39, 0.29) is 0 Å². The maximum atomic E-state index is 4.97. The van der Waals surface area contributed by atoms with Crippen LogP contribution < -0.4 is 5.43 Å². The standard InChI is InChI=1S/C10H18N2O/c1-9-5-6-10(2)12(9)11-7-4-8-13-3/h5-6,11H,4,7-8H2,1-3H3. The topological polar surface area (TPSA) is 26.2 Å². The number of hydrogen-bond donors (Lipinski definition) is 1. The minimum atomic E-state index is 0.812. The SMILES string of the molecule is COCCCNn1c(C)ccc1C. The van der Waals surface area contributed by atoms with Crippen molar-refractivity contribution >= 4 is 0 Å². The van der Waals surface area contributed by atoms with Crippen molar-refractivity contribution in [2.24, 2.45) is 0 Å². The Morgan fingerprint density at radius 1 is 1.31 bits per heavy atom. The minimum Gasteiger partial charge on any atom is -0.385 e. The Balaban J connectivity index is 2.36. The van der Waals surface area contributed by atoms with E-state index in [1.807, 2.05) is 0 Å². The first-order valence-electron chi connectivity index (χ1n) is 4.63. The second kappa shape index (κ2) is 4.92. The van der Waals surface area contributed by atoms with Crippen LogP contribution in [-0.2, 0) is 4.74 Å². The molecule has 1 N–H and O–H groups in total. The summed E-state index contributed by atoms with van der Waals surface area (Å²) >= 11 is 0. The van der Waals surface area contributed by atoms with Crippen LogP contribution in [0.3, 0.4) is 0 Å². The van der Waals surface area contributed by atoms with Crippen LogP contribution in [0.25, 0.3) is 0 Å². The molecule has 0 radical (unpaired) electrons. The lowest BCUT2D eigenvalue weighted by atomic mass is 10.5. The summed E-state index contributed by atoms with van der Waals surface area (Å²) in [4.78, 5) is 0. The third-order valence-corrected chi connectivity index (χ3v) is 2.07. The molecule has 3 nitrogen and oxygen atoms in total. The lowest BCUT2D eigenvalue weighted by molar-refractivity contribution is 0.197. The summed E-state index contributed by atoms with van der Waals surface area (Å²) in [5, 5.41) is 0. The Morgan fingerprint density at radius 2 is 1.92 bits per heavy atom. The number of nitrogens with zero attached hydrogens (tertiary/aromatic N) is 1. The Labute approximate surface area is 79.7 Å². The molecule has 1 heterocycles. The fourth-order valence-corrected chi connectivity index (χ4v) is 1.33. The highest BCUT2D eigenvalue weighted by atomic mass is 16.5. The number of aromatic nitrogens is 1. The lowest BCUT2D eigenvalue weighted by Crippen LogP contribution is -2.19. The molecule has 0 saturated carbocycles. The fourth-order valence-electron chi connectivity index (χ4n) is 1.33. The molecule has 0 spiro atoms. The van der Waals surface area contributed by atoms with Gasteiger partial charge in [-0.1, -0.05) is 0 Å². The van der Waals surface area contributed by atoms with Crippen molar-refractivity contribution in [1.29, 1.82) is 0 Å². The van der Waals surface area contributed by atoms with E-state index in [0.29, 0.717) is 0 Å². The van der Waals surface area contributed by atoms with Crippen LogP contribution in [0.4, 0.5) is 0 Å². The largest absolute Gasteiger partial charge is 0.385 e. The summed E-state index contributed by atoms with van der Waals surface area (Å²) in [6, 6.07) is 4.22. The number of rotatable bonds is 5. The van der Waals surface area contributed by atoms with Gasteiger partial charge in [0.05, 0.1) is 0 Å². The number of hydrogen-bond acceptors (Lipinski definition) is 2. The average Bonchev–Trinajstić information content (AvgIpc) is 2.42. The van der Waals surface area contributed by atoms with Gasteiger partial charge in [-0.05, 0) is 32.4 Å². The molecule has 0 aliphatic carbocycles. The first-order chi connectivity index (χ1) is 6.25. The van der Waals surface area contributed by atoms with E-state index in [1.165, 1.54) is 11.4 Å². The van der Waals surface area contributed by atoms with Crippen molar-refractivity contribution in [3.8, 4) is 0 Å². The first-order valence-corrected chi connectivity index (χ1v) is 4.63. The molecule has 1 aromatic rings. The molecule has 0 amide bonds. The lowest BCUT2D eigenvalue weighted by Gasteiger charge is -2.11. The van der Waals surface area contributed by atoms with Crippen LogP contribution in [0.1, 0.15) is 17.8 Å². The predicted molar refractivity (Wildman–Crippen MR) is 54.6 cm³/mol. The molecule has 13 heavy (non-hydrogen) atoms. The zero-order valence-electron chi connectivity index (χ0n) is 8.63. The molecular weight excluding hydrogens is 164 g/mol. The highest BCUT2D eigenvalue weighted by molar-refractivity contribution is 5.15. The summed E-state index contributed by atoms with van der Waals surface area (Å²) in [6.45, 7) is 5.95. The molecule has 0 aromatic carbocycles. The minimum absolute atomic E-state index is 0.812. The van der Waals surface area contributed by atoms with Crippen LogP contribution in [0.5, 0.6) is 0 Å². The van der Waals surface area contributed by atoms with E-state index in [9.17, 15) is 0 Å². The average molecular weight is 182 g/mol. The number of nitrogens with one attached hydrogen (secondary N) is 1. The zero-order valence-corrected chi connectivity index (χ0v) is 8.63. The maximum absolute atomic E-state index is 4.97. The van der Waals surface area contributed by atoms with Gasteiger partial charge < -0.3 is 10.2 Å². The molecule has 3 heteroatoms. The first kappa shape index (κ1) is 10.1. The smallest absolute Gasteiger partial charge is 0.0479 e. The third-order valence-electron chi connectivity index (χ3n) is 2.07. The molecule has 0 fully saturated rings. The van der Waals surface area contributed by atoms with Gasteiger partial charge in [0.2, 0.25) is 0 Å². The molecule has 0 aliphatic rings. The molecule has 0 atom stereocenters. The Bertz CT molecular complexity index is 236. The van der Waals surface area contributed by atoms with Gasteiger partial charge in [-0.25, -0.2) is 0 Å². The second-order valence-corrected chi connectivity index (χ2v) is 3.21. The molecule has 0 aliphatic heterocycles. The monoisotopic (exact) mass is 182 g/mol. The van der Waals surface area contributed by atoms with Crippen LogP contribution in [0.15, 0.2) is 12.1 Å². The molecule has 0 bridgehead atoms. The van der Waals surface area contributed by atoms with E-state index in [2.05, 4.69) is 36.1 Å². The van der Waals surface area contributed by atoms with E-state index < -0.39 is 0 Å². The summed E-state index contributed by atoms with van der Waals surface area (Å²) in [5.41, 5.74) is 5.82. The molecule has 0 unspecified atom stereocenters. The van der Waals surface area contributed by atoms with Crippen LogP contribution >= 0.6 is 0 Å². The van der Waals surface area contributed by atoms with Crippen LogP contribution in [0, 0.1) is 13.8 Å². The number of aryl methyl sites for hydroxylation is 2. The Kier molecular flexibility index (Phi) is 3.83. The number of methoxy groups -OCH3 is 1. The van der Waals surface area contributed by atoms with E-state index in [4.69, 9.17) is 4.74 Å². The molecule has 0 saturated heterocycles. The van der Waals surface area contributed by atoms with Crippen molar-refractivity contribution < 1.29 is 4.74 Å². The van der Waals surface area contributed by atoms with E-state index in [1.54, 1.807) is 7.11 Å². The Morgan fingerprint density at radius 3 is 2.46 bits per heavy atom. The summed E-state index contributed by atoms with van der Waals surface area (Å²) in [7, 11) is 1.73. The van der Waals surface area contributed by atoms with Crippen molar-refractivity contribution in [3.05, 3.63) is 23.5 Å². The molecule has 1 aromatic heterocycles. The van der Waals surface area contributed by atoms with Gasteiger partial charge in [0, 0.05) is 31.6 Å². The van der Waals surface area contributed by atoms with E-state index in [0.717, 1.165) is 19.6 Å². The van der Waals surface area contributed by atoms with Gasteiger partial charge in [0.25, 0.3) is 0 Å². The highest BCUT2D eigenvalue weighted by Crippen LogP contribution is 2.03. The molecular formula is C10H18N2O. The van der Waals surface area contributed by atoms with Gasteiger partial charge in [-0.15, -0.1) is 0 Å². The molecule has 1 rings (SSSR count).